The van der Waals surface area contributed by atoms with Crippen LogP contribution in [-0.2, 0) is 24.3 Å². The summed E-state index contributed by atoms with van der Waals surface area (Å²) in [5.41, 5.74) is 6.52. The quantitative estimate of drug-likeness (QED) is 0.677. The predicted octanol–water partition coefficient (Wildman–Crippen LogP) is 5.25. The third kappa shape index (κ3) is 3.55. The first kappa shape index (κ1) is 17.9. The van der Waals surface area contributed by atoms with E-state index in [0.717, 1.165) is 19.2 Å². The van der Waals surface area contributed by atoms with Gasteiger partial charge >= 0.3 is 0 Å². The van der Waals surface area contributed by atoms with Crippen molar-refractivity contribution in [3.05, 3.63) is 34.4 Å². The minimum Gasteiger partial charge on any atom is -0.380 e. The summed E-state index contributed by atoms with van der Waals surface area (Å²) < 4.78 is 5.34. The second-order valence-corrected chi connectivity index (χ2v) is 8.22. The smallest absolute Gasteiger partial charge is 0.0715 e. The zero-order valence-electron chi connectivity index (χ0n) is 16.2. The van der Waals surface area contributed by atoms with Crippen molar-refractivity contribution in [2.24, 2.45) is 5.41 Å². The average Bonchev–Trinajstić information content (AvgIpc) is 2.55. The van der Waals surface area contributed by atoms with Crippen LogP contribution in [-0.4, -0.2) is 24.6 Å². The molecule has 0 radical (unpaired) electrons. The third-order valence-electron chi connectivity index (χ3n) is 6.66. The summed E-state index contributed by atoms with van der Waals surface area (Å²) in [6.45, 7) is 10.1. The molecule has 0 atom stereocenters. The number of hydrogen-bond acceptors (Lipinski definition) is 2. The van der Waals surface area contributed by atoms with Crippen LogP contribution in [0.15, 0.2) is 12.1 Å². The maximum atomic E-state index is 5.34. The summed E-state index contributed by atoms with van der Waals surface area (Å²) in [6, 6.07) is 5.64. The van der Waals surface area contributed by atoms with Gasteiger partial charge in [0.15, 0.2) is 0 Å². The van der Waals surface area contributed by atoms with Gasteiger partial charge in [-0.1, -0.05) is 45.2 Å². The average molecular weight is 330 g/mol. The molecule has 134 valence electrons. The SMILES string of the molecule is CCCCC1(CC)CC(N2CCc3cc(COC)c(C)cc3C2)C1. The highest BCUT2D eigenvalue weighted by molar-refractivity contribution is 5.39. The van der Waals surface area contributed by atoms with Gasteiger partial charge in [-0.2, -0.15) is 0 Å². The van der Waals surface area contributed by atoms with Crippen molar-refractivity contribution < 1.29 is 4.74 Å². The first-order chi connectivity index (χ1) is 11.6. The van der Waals surface area contributed by atoms with Crippen molar-refractivity contribution in [1.29, 1.82) is 0 Å². The maximum Gasteiger partial charge on any atom is 0.0715 e. The normalized spacial score (nSPS) is 26.9. The molecule has 1 aromatic rings. The highest BCUT2D eigenvalue weighted by atomic mass is 16.5. The zero-order valence-corrected chi connectivity index (χ0v) is 16.2. The third-order valence-corrected chi connectivity index (χ3v) is 6.66. The summed E-state index contributed by atoms with van der Waals surface area (Å²) in [4.78, 5) is 2.76. The summed E-state index contributed by atoms with van der Waals surface area (Å²) >= 11 is 0. The van der Waals surface area contributed by atoms with Crippen LogP contribution >= 0.6 is 0 Å². The summed E-state index contributed by atoms with van der Waals surface area (Å²) in [5.74, 6) is 0. The Bertz CT molecular complexity index is 559. The second-order valence-electron chi connectivity index (χ2n) is 8.22. The van der Waals surface area contributed by atoms with Crippen molar-refractivity contribution in [1.82, 2.24) is 4.90 Å². The molecule has 1 aliphatic heterocycles. The van der Waals surface area contributed by atoms with Crippen LogP contribution in [0.5, 0.6) is 0 Å². The minimum absolute atomic E-state index is 0.666. The lowest BCUT2D eigenvalue weighted by Crippen LogP contribution is -2.52. The number of ether oxygens (including phenoxy) is 1. The molecule has 0 bridgehead atoms. The van der Waals surface area contributed by atoms with Gasteiger partial charge in [-0.3, -0.25) is 4.90 Å². The summed E-state index contributed by atoms with van der Waals surface area (Å²) in [6.07, 6.45) is 9.63. The van der Waals surface area contributed by atoms with E-state index in [-0.39, 0.29) is 0 Å². The molecule has 0 spiro atoms. The van der Waals surface area contributed by atoms with E-state index in [1.807, 2.05) is 0 Å². The van der Waals surface area contributed by atoms with Crippen LogP contribution in [0.25, 0.3) is 0 Å². The number of benzene rings is 1. The monoisotopic (exact) mass is 329 g/mol. The largest absolute Gasteiger partial charge is 0.380 e. The minimum atomic E-state index is 0.666. The highest BCUT2D eigenvalue weighted by Crippen LogP contribution is 2.50. The van der Waals surface area contributed by atoms with Gasteiger partial charge in [0, 0.05) is 26.2 Å². The lowest BCUT2D eigenvalue weighted by Gasteiger charge is -2.53. The van der Waals surface area contributed by atoms with Crippen molar-refractivity contribution in [3.63, 3.8) is 0 Å². The lowest BCUT2D eigenvalue weighted by atomic mass is 9.60. The molecule has 0 N–H and O–H groups in total. The van der Waals surface area contributed by atoms with E-state index in [0.29, 0.717) is 5.41 Å². The molecule has 0 aromatic heterocycles. The molecule has 0 saturated heterocycles. The van der Waals surface area contributed by atoms with Crippen LogP contribution in [0.4, 0.5) is 0 Å². The number of nitrogens with zero attached hydrogens (tertiary/aromatic N) is 1. The molecule has 0 unspecified atom stereocenters. The van der Waals surface area contributed by atoms with Gasteiger partial charge in [0.2, 0.25) is 0 Å². The number of hydrogen-bond donors (Lipinski definition) is 0. The van der Waals surface area contributed by atoms with Gasteiger partial charge in [-0.05, 0) is 60.3 Å². The van der Waals surface area contributed by atoms with Gasteiger partial charge in [-0.25, -0.2) is 0 Å². The van der Waals surface area contributed by atoms with Crippen molar-refractivity contribution in [2.45, 2.75) is 84.9 Å². The molecule has 1 saturated carbocycles. The number of methoxy groups -OCH3 is 1. The fraction of sp³-hybridized carbons (Fsp3) is 0.727. The zero-order chi connectivity index (χ0) is 17.2. The molecule has 2 aliphatic rings. The van der Waals surface area contributed by atoms with Crippen LogP contribution in [0.2, 0.25) is 0 Å². The van der Waals surface area contributed by atoms with Crippen molar-refractivity contribution >= 4 is 0 Å². The Labute approximate surface area is 148 Å². The Morgan fingerprint density at radius 3 is 2.67 bits per heavy atom. The molecule has 0 amide bonds. The predicted molar refractivity (Wildman–Crippen MR) is 101 cm³/mol. The molecule has 1 aromatic carbocycles. The van der Waals surface area contributed by atoms with Gasteiger partial charge in [0.1, 0.15) is 0 Å². The molecular formula is C22H35NO. The van der Waals surface area contributed by atoms with E-state index < -0.39 is 0 Å². The summed E-state index contributed by atoms with van der Waals surface area (Å²) in [5, 5.41) is 0. The number of rotatable bonds is 7. The molecular weight excluding hydrogens is 294 g/mol. The topological polar surface area (TPSA) is 12.5 Å². The van der Waals surface area contributed by atoms with Crippen LogP contribution in [0.1, 0.15) is 74.6 Å². The molecule has 1 heterocycles. The molecule has 1 fully saturated rings. The Kier molecular flexibility index (Phi) is 5.66. The first-order valence-corrected chi connectivity index (χ1v) is 9.95. The van der Waals surface area contributed by atoms with Crippen LogP contribution < -0.4 is 0 Å². The maximum absolute atomic E-state index is 5.34. The fourth-order valence-electron chi connectivity index (χ4n) is 4.85. The molecule has 1 aliphatic carbocycles. The van der Waals surface area contributed by atoms with E-state index in [4.69, 9.17) is 4.74 Å². The van der Waals surface area contributed by atoms with Crippen molar-refractivity contribution in [3.8, 4) is 0 Å². The number of aryl methyl sites for hydroxylation is 1. The van der Waals surface area contributed by atoms with Gasteiger partial charge < -0.3 is 4.74 Å². The lowest BCUT2D eigenvalue weighted by molar-refractivity contribution is -0.0166. The van der Waals surface area contributed by atoms with Crippen LogP contribution in [0, 0.1) is 12.3 Å². The summed E-state index contributed by atoms with van der Waals surface area (Å²) in [7, 11) is 1.79. The van der Waals surface area contributed by atoms with E-state index in [9.17, 15) is 0 Å². The molecule has 24 heavy (non-hydrogen) atoms. The fourth-order valence-corrected chi connectivity index (χ4v) is 4.85. The Hall–Kier alpha value is -0.860. The molecule has 2 heteroatoms. The van der Waals surface area contributed by atoms with Crippen molar-refractivity contribution in [2.75, 3.05) is 13.7 Å². The first-order valence-electron chi connectivity index (χ1n) is 9.95. The van der Waals surface area contributed by atoms with E-state index >= 15 is 0 Å². The van der Waals surface area contributed by atoms with E-state index in [1.165, 1.54) is 62.6 Å². The standard InChI is InChI=1S/C22H35NO/c1-5-7-9-22(6-2)13-21(14-22)23-10-8-18-12-20(16-24-4)17(3)11-19(18)15-23/h11-12,21H,5-10,13-16H2,1-4H3. The van der Waals surface area contributed by atoms with E-state index in [2.05, 4.69) is 37.8 Å². The van der Waals surface area contributed by atoms with Gasteiger partial charge in [-0.15, -0.1) is 0 Å². The molecule has 3 rings (SSSR count). The Balaban J connectivity index is 1.63. The number of fused-ring (bicyclic) bond motifs is 1. The Morgan fingerprint density at radius 1 is 1.21 bits per heavy atom. The van der Waals surface area contributed by atoms with Gasteiger partial charge in [0.25, 0.3) is 0 Å². The van der Waals surface area contributed by atoms with E-state index in [1.54, 1.807) is 18.2 Å². The van der Waals surface area contributed by atoms with Gasteiger partial charge in [0.05, 0.1) is 6.61 Å². The molecule has 2 nitrogen and oxygen atoms in total. The highest BCUT2D eigenvalue weighted by Gasteiger charge is 2.44. The van der Waals surface area contributed by atoms with Crippen LogP contribution in [0.3, 0.4) is 0 Å². The second kappa shape index (κ2) is 7.58. The Morgan fingerprint density at radius 2 is 2.00 bits per heavy atom. The number of unbranched alkanes of at least 4 members (excludes halogenated alkanes) is 1.